The molecule has 0 aromatic carbocycles. The first-order valence-electron chi connectivity index (χ1n) is 19.9. The van der Waals surface area contributed by atoms with Gasteiger partial charge in [-0.2, -0.15) is 0 Å². The average molecular weight is 635 g/mol. The highest BCUT2D eigenvalue weighted by atomic mass is 16.6. The van der Waals surface area contributed by atoms with Gasteiger partial charge in [-0.3, -0.25) is 4.79 Å². The van der Waals surface area contributed by atoms with Gasteiger partial charge < -0.3 is 14.6 Å². The molecule has 0 aliphatic rings. The van der Waals surface area contributed by atoms with E-state index in [-0.39, 0.29) is 12.6 Å². The number of carbonyl (C=O) groups excluding carboxylic acids is 1. The highest BCUT2D eigenvalue weighted by Crippen LogP contribution is 2.14. The SMILES string of the molecule is CCCCCC/C=C\C/C=C\CCCCCCCCCC(=O)OC(CO)COCCCCCCCCCCCCCCCCC. The summed E-state index contributed by atoms with van der Waals surface area (Å²) < 4.78 is 11.1. The number of unbranched alkanes of at least 4 members (excludes halogenated alkanes) is 25. The van der Waals surface area contributed by atoms with Gasteiger partial charge in [-0.25, -0.2) is 0 Å². The number of esters is 1. The first-order valence-corrected chi connectivity index (χ1v) is 19.9. The first kappa shape index (κ1) is 43.9. The predicted molar refractivity (Wildman–Crippen MR) is 196 cm³/mol. The smallest absolute Gasteiger partial charge is 0.306 e. The Labute approximate surface area is 281 Å². The van der Waals surface area contributed by atoms with Crippen LogP contribution >= 0.6 is 0 Å². The maximum atomic E-state index is 12.2. The van der Waals surface area contributed by atoms with Crippen molar-refractivity contribution >= 4 is 5.97 Å². The van der Waals surface area contributed by atoms with Crippen LogP contribution in [0.3, 0.4) is 0 Å². The van der Waals surface area contributed by atoms with Crippen molar-refractivity contribution in [1.82, 2.24) is 0 Å². The lowest BCUT2D eigenvalue weighted by atomic mass is 10.0. The van der Waals surface area contributed by atoms with Crippen LogP contribution in [0.4, 0.5) is 0 Å². The van der Waals surface area contributed by atoms with Gasteiger partial charge in [0.05, 0.1) is 13.2 Å². The van der Waals surface area contributed by atoms with Crippen molar-refractivity contribution in [2.24, 2.45) is 0 Å². The van der Waals surface area contributed by atoms with Gasteiger partial charge in [0.25, 0.3) is 0 Å². The Morgan fingerprint density at radius 1 is 0.533 bits per heavy atom. The van der Waals surface area contributed by atoms with Gasteiger partial charge in [0.2, 0.25) is 0 Å². The summed E-state index contributed by atoms with van der Waals surface area (Å²) in [6.45, 7) is 5.35. The fourth-order valence-corrected chi connectivity index (χ4v) is 5.77. The molecule has 1 atom stereocenters. The highest BCUT2D eigenvalue weighted by molar-refractivity contribution is 5.69. The van der Waals surface area contributed by atoms with Crippen molar-refractivity contribution in [2.75, 3.05) is 19.8 Å². The molecule has 0 aromatic heterocycles. The van der Waals surface area contributed by atoms with Crippen LogP contribution in [0.5, 0.6) is 0 Å². The van der Waals surface area contributed by atoms with E-state index in [2.05, 4.69) is 38.2 Å². The third-order valence-corrected chi connectivity index (χ3v) is 8.78. The van der Waals surface area contributed by atoms with Gasteiger partial charge in [0, 0.05) is 13.0 Å². The minimum atomic E-state index is -0.533. The largest absolute Gasteiger partial charge is 0.457 e. The summed E-state index contributed by atoms with van der Waals surface area (Å²) in [7, 11) is 0. The predicted octanol–water partition coefficient (Wildman–Crippen LogP) is 12.8. The van der Waals surface area contributed by atoms with Crippen LogP contribution in [0.1, 0.15) is 206 Å². The van der Waals surface area contributed by atoms with E-state index in [9.17, 15) is 9.90 Å². The van der Waals surface area contributed by atoms with Crippen LogP contribution in [0, 0.1) is 0 Å². The lowest BCUT2D eigenvalue weighted by molar-refractivity contribution is -0.154. The fourth-order valence-electron chi connectivity index (χ4n) is 5.77. The third kappa shape index (κ3) is 37.2. The van der Waals surface area contributed by atoms with Crippen molar-refractivity contribution in [3.8, 4) is 0 Å². The standard InChI is InChI=1S/C41H78O4/c1-3-5-7-9-11-13-15-17-19-20-21-22-24-26-28-30-32-34-36-41(43)45-40(38-42)39-44-37-35-33-31-29-27-25-23-18-16-14-12-10-8-6-4-2/h13,15,19-20,40,42H,3-12,14,16-18,21-39H2,1-2H3/b15-13-,20-19-. The zero-order valence-electron chi connectivity index (χ0n) is 30.4. The number of allylic oxidation sites excluding steroid dienone is 4. The van der Waals surface area contributed by atoms with Crippen LogP contribution in [0.25, 0.3) is 0 Å². The summed E-state index contributed by atoms with van der Waals surface area (Å²) in [5.74, 6) is -0.206. The molecule has 0 spiro atoms. The van der Waals surface area contributed by atoms with Crippen molar-refractivity contribution in [2.45, 2.75) is 213 Å². The van der Waals surface area contributed by atoms with Gasteiger partial charge in [-0.15, -0.1) is 0 Å². The zero-order chi connectivity index (χ0) is 32.7. The number of rotatable bonds is 37. The minimum Gasteiger partial charge on any atom is -0.457 e. The summed E-state index contributed by atoms with van der Waals surface area (Å²) in [5, 5.41) is 9.57. The molecule has 0 aliphatic heterocycles. The zero-order valence-corrected chi connectivity index (χ0v) is 30.4. The van der Waals surface area contributed by atoms with Crippen molar-refractivity contribution < 1.29 is 19.4 Å². The molecule has 0 aromatic rings. The molecule has 0 saturated carbocycles. The Kier molecular flexibility index (Phi) is 38.1. The molecular weight excluding hydrogens is 556 g/mol. The minimum absolute atomic E-state index is 0.171. The van der Waals surface area contributed by atoms with E-state index in [1.165, 1.54) is 161 Å². The van der Waals surface area contributed by atoms with Crippen LogP contribution in [-0.2, 0) is 14.3 Å². The number of ether oxygens (including phenoxy) is 2. The van der Waals surface area contributed by atoms with E-state index >= 15 is 0 Å². The van der Waals surface area contributed by atoms with E-state index in [4.69, 9.17) is 9.47 Å². The highest BCUT2D eigenvalue weighted by Gasteiger charge is 2.13. The van der Waals surface area contributed by atoms with Gasteiger partial charge in [0.15, 0.2) is 0 Å². The van der Waals surface area contributed by atoms with Crippen LogP contribution in [0.2, 0.25) is 0 Å². The molecule has 0 aliphatic carbocycles. The quantitative estimate of drug-likeness (QED) is 0.0420. The molecule has 0 saturated heterocycles. The summed E-state index contributed by atoms with van der Waals surface area (Å²) in [5.41, 5.74) is 0. The lowest BCUT2D eigenvalue weighted by Gasteiger charge is -2.16. The van der Waals surface area contributed by atoms with Crippen molar-refractivity contribution in [3.63, 3.8) is 0 Å². The molecule has 0 fully saturated rings. The van der Waals surface area contributed by atoms with Crippen LogP contribution in [-0.4, -0.2) is 37.0 Å². The van der Waals surface area contributed by atoms with E-state index < -0.39 is 6.10 Å². The molecule has 0 rings (SSSR count). The van der Waals surface area contributed by atoms with Crippen molar-refractivity contribution in [3.05, 3.63) is 24.3 Å². The molecule has 266 valence electrons. The number of hydrogen-bond donors (Lipinski definition) is 1. The Bertz CT molecular complexity index is 629. The third-order valence-electron chi connectivity index (χ3n) is 8.78. The molecule has 0 radical (unpaired) electrons. The second-order valence-corrected chi connectivity index (χ2v) is 13.4. The van der Waals surface area contributed by atoms with E-state index in [0.29, 0.717) is 19.6 Å². The topological polar surface area (TPSA) is 55.8 Å². The average Bonchev–Trinajstić information content (AvgIpc) is 3.05. The maximum Gasteiger partial charge on any atom is 0.306 e. The monoisotopic (exact) mass is 635 g/mol. The molecule has 0 amide bonds. The van der Waals surface area contributed by atoms with Gasteiger partial charge in [0.1, 0.15) is 6.10 Å². The van der Waals surface area contributed by atoms with E-state index in [1.807, 2.05) is 0 Å². The first-order chi connectivity index (χ1) is 22.2. The normalized spacial score (nSPS) is 12.5. The van der Waals surface area contributed by atoms with E-state index in [0.717, 1.165) is 25.7 Å². The molecule has 0 bridgehead atoms. The van der Waals surface area contributed by atoms with Gasteiger partial charge in [-0.05, 0) is 44.9 Å². The Morgan fingerprint density at radius 3 is 1.40 bits per heavy atom. The fraction of sp³-hybridized carbons (Fsp3) is 0.878. The Hall–Kier alpha value is -1.13. The molecule has 0 heterocycles. The summed E-state index contributed by atoms with van der Waals surface area (Å²) in [4.78, 5) is 12.2. The number of aliphatic hydroxyl groups excluding tert-OH is 1. The molecule has 4 heteroatoms. The summed E-state index contributed by atoms with van der Waals surface area (Å²) in [6, 6.07) is 0. The molecular formula is C41H78O4. The number of carbonyl (C=O) groups is 1. The summed E-state index contributed by atoms with van der Waals surface area (Å²) in [6.07, 6.45) is 46.5. The van der Waals surface area contributed by atoms with Crippen molar-refractivity contribution in [1.29, 1.82) is 0 Å². The second kappa shape index (κ2) is 39.1. The van der Waals surface area contributed by atoms with E-state index in [1.54, 1.807) is 0 Å². The van der Waals surface area contributed by atoms with Gasteiger partial charge in [-0.1, -0.05) is 179 Å². The lowest BCUT2D eigenvalue weighted by Crippen LogP contribution is -2.27. The Balaban J connectivity index is 3.43. The molecule has 4 nitrogen and oxygen atoms in total. The summed E-state index contributed by atoms with van der Waals surface area (Å²) >= 11 is 0. The molecule has 1 unspecified atom stereocenters. The maximum absolute atomic E-state index is 12.2. The Morgan fingerprint density at radius 2 is 0.933 bits per heavy atom. The van der Waals surface area contributed by atoms with Crippen LogP contribution < -0.4 is 0 Å². The molecule has 45 heavy (non-hydrogen) atoms. The second-order valence-electron chi connectivity index (χ2n) is 13.4. The van der Waals surface area contributed by atoms with Crippen LogP contribution in [0.15, 0.2) is 24.3 Å². The number of hydrogen-bond acceptors (Lipinski definition) is 4. The number of aliphatic hydroxyl groups is 1. The molecule has 1 N–H and O–H groups in total. The van der Waals surface area contributed by atoms with Gasteiger partial charge >= 0.3 is 5.97 Å².